The van der Waals surface area contributed by atoms with Crippen molar-refractivity contribution in [1.29, 1.82) is 0 Å². The highest BCUT2D eigenvalue weighted by Crippen LogP contribution is 2.51. The lowest BCUT2D eigenvalue weighted by molar-refractivity contribution is 0.555. The van der Waals surface area contributed by atoms with Gasteiger partial charge in [-0.1, -0.05) is 72.8 Å². The molecule has 138 valence electrons. The molecule has 0 spiro atoms. The topological polar surface area (TPSA) is 12.4 Å². The number of rotatable bonds is 2. The molecule has 0 amide bonds. The largest absolute Gasteiger partial charge is 0.252 e. The van der Waals surface area contributed by atoms with Crippen LogP contribution in [0.1, 0.15) is 35.6 Å². The van der Waals surface area contributed by atoms with Gasteiger partial charge in [0.2, 0.25) is 0 Å². The smallest absolute Gasteiger partial charge is 0.0769 e. The van der Waals surface area contributed by atoms with E-state index in [1.165, 1.54) is 40.1 Å². The normalized spacial score (nSPS) is 22.7. The van der Waals surface area contributed by atoms with E-state index in [1.54, 1.807) is 0 Å². The summed E-state index contributed by atoms with van der Waals surface area (Å²) in [5, 5.41) is 0.406. The number of thioether (sulfide) groups is 1. The summed E-state index contributed by atoms with van der Waals surface area (Å²) in [7, 11) is 0. The molecule has 0 N–H and O–H groups in total. The molecular weight excluding hydrogens is 358 g/mol. The fourth-order valence-electron chi connectivity index (χ4n) is 4.30. The van der Waals surface area contributed by atoms with Crippen LogP contribution in [0.4, 0.5) is 5.69 Å². The zero-order valence-electron chi connectivity index (χ0n) is 15.8. The number of nitrogens with zero attached hydrogens (tertiary/aromatic N) is 1. The van der Waals surface area contributed by atoms with Gasteiger partial charge in [0.15, 0.2) is 0 Å². The molecule has 1 aliphatic heterocycles. The summed E-state index contributed by atoms with van der Waals surface area (Å²) in [6, 6.07) is 30.3. The Balaban J connectivity index is 1.64. The molecule has 1 fully saturated rings. The molecule has 1 saturated carbocycles. The molecule has 0 radical (unpaired) electrons. The predicted molar refractivity (Wildman–Crippen MR) is 120 cm³/mol. The minimum atomic E-state index is 0.406. The summed E-state index contributed by atoms with van der Waals surface area (Å²) in [6.45, 7) is 0. The number of allylic oxidation sites excluding steroid dienone is 1. The van der Waals surface area contributed by atoms with E-state index in [1.807, 2.05) is 11.8 Å². The second-order valence-electron chi connectivity index (χ2n) is 7.49. The Morgan fingerprint density at radius 1 is 0.821 bits per heavy atom. The van der Waals surface area contributed by atoms with E-state index in [0.717, 1.165) is 12.1 Å². The van der Waals surface area contributed by atoms with Gasteiger partial charge in [-0.05, 0) is 54.2 Å². The van der Waals surface area contributed by atoms with E-state index in [-0.39, 0.29) is 0 Å². The van der Waals surface area contributed by atoms with Gasteiger partial charge in [0.1, 0.15) is 0 Å². The zero-order valence-corrected chi connectivity index (χ0v) is 16.6. The van der Waals surface area contributed by atoms with E-state index in [9.17, 15) is 0 Å². The Hall–Kier alpha value is -2.58. The minimum Gasteiger partial charge on any atom is -0.252 e. The molecule has 28 heavy (non-hydrogen) atoms. The van der Waals surface area contributed by atoms with Crippen LogP contribution in [0.5, 0.6) is 0 Å². The Morgan fingerprint density at radius 3 is 2.36 bits per heavy atom. The number of benzene rings is 3. The van der Waals surface area contributed by atoms with Crippen molar-refractivity contribution >= 4 is 29.2 Å². The second-order valence-corrected chi connectivity index (χ2v) is 8.68. The highest BCUT2D eigenvalue weighted by Gasteiger charge is 2.35. The average Bonchev–Trinajstić information content (AvgIpc) is 2.93. The zero-order chi connectivity index (χ0) is 18.8. The number of hydrogen-bond donors (Lipinski definition) is 0. The lowest BCUT2D eigenvalue weighted by Crippen LogP contribution is -2.25. The van der Waals surface area contributed by atoms with E-state index >= 15 is 0 Å². The van der Waals surface area contributed by atoms with Gasteiger partial charge in [-0.3, -0.25) is 4.99 Å². The fourth-order valence-corrected chi connectivity index (χ4v) is 5.69. The Bertz CT molecular complexity index is 1020. The molecule has 1 heterocycles. The van der Waals surface area contributed by atoms with Crippen LogP contribution in [-0.2, 0) is 0 Å². The third kappa shape index (κ3) is 3.45. The predicted octanol–water partition coefficient (Wildman–Crippen LogP) is 7.49. The van der Waals surface area contributed by atoms with Crippen molar-refractivity contribution in [2.24, 2.45) is 10.9 Å². The van der Waals surface area contributed by atoms with Crippen LogP contribution >= 0.6 is 11.8 Å². The van der Waals surface area contributed by atoms with Crippen molar-refractivity contribution in [3.63, 3.8) is 0 Å². The monoisotopic (exact) mass is 381 g/mol. The van der Waals surface area contributed by atoms with E-state index < -0.39 is 0 Å². The second kappa shape index (κ2) is 7.81. The number of hydrogen-bond acceptors (Lipinski definition) is 2. The van der Waals surface area contributed by atoms with Crippen molar-refractivity contribution in [2.45, 2.75) is 29.4 Å². The average molecular weight is 382 g/mol. The summed E-state index contributed by atoms with van der Waals surface area (Å²) in [5.74, 6) is 0.448. The maximum Gasteiger partial charge on any atom is 0.0769 e. The summed E-state index contributed by atoms with van der Waals surface area (Å²) < 4.78 is 0. The molecule has 1 aliphatic carbocycles. The van der Waals surface area contributed by atoms with Crippen molar-refractivity contribution in [3.05, 3.63) is 102 Å². The van der Waals surface area contributed by atoms with E-state index in [4.69, 9.17) is 4.99 Å². The third-order valence-electron chi connectivity index (χ3n) is 5.64. The van der Waals surface area contributed by atoms with Crippen LogP contribution in [0, 0.1) is 5.92 Å². The fraction of sp³-hybridized carbons (Fsp3) is 0.192. The summed E-state index contributed by atoms with van der Waals surface area (Å²) in [6.07, 6.45) is 5.89. The molecule has 0 bridgehead atoms. The first kappa shape index (κ1) is 17.5. The van der Waals surface area contributed by atoms with Crippen LogP contribution in [0.3, 0.4) is 0 Å². The first-order valence-corrected chi connectivity index (χ1v) is 10.9. The Morgan fingerprint density at radius 2 is 1.54 bits per heavy atom. The lowest BCUT2D eigenvalue weighted by atomic mass is 9.79. The molecule has 3 aromatic rings. The standard InChI is InChI=1S/C26H23NS/c1-3-10-19(11-4-1)18-21-14-9-15-22-25(21)27-23-16-7-8-17-24(23)28-26(22)20-12-5-2-6-13-20/h1-8,10-13,16-18,22,26H,9,14-15H2. The van der Waals surface area contributed by atoms with Gasteiger partial charge in [0.05, 0.1) is 5.69 Å². The molecule has 0 aromatic heterocycles. The number of aliphatic imine (C=N–C) groups is 1. The van der Waals surface area contributed by atoms with Gasteiger partial charge in [-0.15, -0.1) is 11.8 Å². The van der Waals surface area contributed by atoms with Crippen molar-refractivity contribution < 1.29 is 0 Å². The van der Waals surface area contributed by atoms with Crippen molar-refractivity contribution in [3.8, 4) is 0 Å². The van der Waals surface area contributed by atoms with Crippen LogP contribution in [-0.4, -0.2) is 5.71 Å². The third-order valence-corrected chi connectivity index (χ3v) is 7.09. The Labute approximate surface area is 171 Å². The van der Waals surface area contributed by atoms with Gasteiger partial charge < -0.3 is 0 Å². The van der Waals surface area contributed by atoms with Crippen LogP contribution < -0.4 is 0 Å². The molecule has 2 atom stereocenters. The van der Waals surface area contributed by atoms with Gasteiger partial charge in [0, 0.05) is 21.8 Å². The molecule has 0 saturated heterocycles. The molecule has 1 nitrogen and oxygen atoms in total. The highest BCUT2D eigenvalue weighted by molar-refractivity contribution is 7.99. The van der Waals surface area contributed by atoms with Crippen LogP contribution in [0.15, 0.2) is 100 Å². The number of fused-ring (bicyclic) bond motifs is 2. The van der Waals surface area contributed by atoms with Crippen LogP contribution in [0.25, 0.3) is 6.08 Å². The first-order valence-electron chi connectivity index (χ1n) is 10.0. The van der Waals surface area contributed by atoms with Crippen molar-refractivity contribution in [1.82, 2.24) is 0 Å². The SMILES string of the molecule is C(=C1CCCC2C1=Nc1ccccc1SC2c1ccccc1)c1ccccc1. The van der Waals surface area contributed by atoms with Gasteiger partial charge >= 0.3 is 0 Å². The highest BCUT2D eigenvalue weighted by atomic mass is 32.2. The van der Waals surface area contributed by atoms with E-state index in [2.05, 4.69) is 91.0 Å². The molecule has 2 aliphatic rings. The van der Waals surface area contributed by atoms with Gasteiger partial charge in [-0.25, -0.2) is 0 Å². The maximum atomic E-state index is 5.24. The molecule has 2 unspecified atom stereocenters. The van der Waals surface area contributed by atoms with Crippen molar-refractivity contribution in [2.75, 3.05) is 0 Å². The minimum absolute atomic E-state index is 0.406. The summed E-state index contributed by atoms with van der Waals surface area (Å²) >= 11 is 1.98. The molecule has 3 aromatic carbocycles. The summed E-state index contributed by atoms with van der Waals surface area (Å²) in [4.78, 5) is 6.53. The quantitative estimate of drug-likeness (QED) is 0.448. The Kier molecular flexibility index (Phi) is 4.88. The number of para-hydroxylation sites is 1. The maximum absolute atomic E-state index is 5.24. The molecule has 5 rings (SSSR count). The lowest BCUT2D eigenvalue weighted by Gasteiger charge is -2.31. The summed E-state index contributed by atoms with van der Waals surface area (Å²) in [5.41, 5.74) is 6.49. The molecule has 2 heteroatoms. The van der Waals surface area contributed by atoms with E-state index in [0.29, 0.717) is 11.2 Å². The molecular formula is C26H23NS. The van der Waals surface area contributed by atoms with Gasteiger partial charge in [-0.2, -0.15) is 0 Å². The van der Waals surface area contributed by atoms with Gasteiger partial charge in [0.25, 0.3) is 0 Å². The van der Waals surface area contributed by atoms with Crippen LogP contribution in [0.2, 0.25) is 0 Å². The first-order chi connectivity index (χ1) is 13.9.